The fourth-order valence-corrected chi connectivity index (χ4v) is 3.50. The van der Waals surface area contributed by atoms with E-state index in [0.717, 1.165) is 32.0 Å². The zero-order valence-electron chi connectivity index (χ0n) is 15.7. The van der Waals surface area contributed by atoms with Crippen LogP contribution >= 0.6 is 0 Å². The average Bonchev–Trinajstić information content (AvgIpc) is 3.30. The molecule has 1 amide bonds. The summed E-state index contributed by atoms with van der Waals surface area (Å²) in [4.78, 5) is 15.1. The van der Waals surface area contributed by atoms with Crippen LogP contribution < -0.4 is 5.32 Å². The van der Waals surface area contributed by atoms with E-state index in [2.05, 4.69) is 27.4 Å². The van der Waals surface area contributed by atoms with Gasteiger partial charge in [0.2, 0.25) is 0 Å². The van der Waals surface area contributed by atoms with Crippen molar-refractivity contribution >= 4 is 5.91 Å². The average molecular weight is 376 g/mol. The van der Waals surface area contributed by atoms with Crippen molar-refractivity contribution in [3.63, 3.8) is 0 Å². The quantitative estimate of drug-likeness (QED) is 0.719. The second-order valence-electron chi connectivity index (χ2n) is 6.78. The molecule has 4 rings (SSSR count). The van der Waals surface area contributed by atoms with Gasteiger partial charge >= 0.3 is 0 Å². The summed E-state index contributed by atoms with van der Waals surface area (Å²) in [5.74, 6) is -0.0683. The minimum Gasteiger partial charge on any atom is -0.379 e. The molecule has 2 heterocycles. The molecule has 1 atom stereocenters. The van der Waals surface area contributed by atoms with Gasteiger partial charge in [-0.15, -0.1) is 0 Å². The molecular formula is C22H24N4O2. The highest BCUT2D eigenvalue weighted by molar-refractivity contribution is 5.94. The number of ether oxygens (including phenoxy) is 1. The Morgan fingerprint density at radius 2 is 1.79 bits per heavy atom. The Labute approximate surface area is 164 Å². The number of rotatable bonds is 6. The van der Waals surface area contributed by atoms with Crippen LogP contribution in [0.25, 0.3) is 5.69 Å². The van der Waals surface area contributed by atoms with Crippen LogP contribution in [0.2, 0.25) is 0 Å². The van der Waals surface area contributed by atoms with E-state index in [4.69, 9.17) is 4.74 Å². The number of nitrogens with one attached hydrogen (secondary N) is 1. The number of hydrogen-bond acceptors (Lipinski definition) is 4. The molecule has 144 valence electrons. The van der Waals surface area contributed by atoms with E-state index in [9.17, 15) is 4.79 Å². The Morgan fingerprint density at radius 1 is 1.04 bits per heavy atom. The van der Waals surface area contributed by atoms with Crippen molar-refractivity contribution in [2.24, 2.45) is 0 Å². The van der Waals surface area contributed by atoms with Crippen molar-refractivity contribution in [2.45, 2.75) is 6.04 Å². The first-order valence-corrected chi connectivity index (χ1v) is 9.56. The summed E-state index contributed by atoms with van der Waals surface area (Å²) >= 11 is 0. The van der Waals surface area contributed by atoms with Crippen molar-refractivity contribution in [3.8, 4) is 5.69 Å². The first-order valence-electron chi connectivity index (χ1n) is 9.56. The number of aromatic nitrogens is 2. The highest BCUT2D eigenvalue weighted by Crippen LogP contribution is 2.21. The minimum absolute atomic E-state index is 0.0683. The van der Waals surface area contributed by atoms with E-state index >= 15 is 0 Å². The summed E-state index contributed by atoms with van der Waals surface area (Å²) in [6.45, 7) is 3.75. The third kappa shape index (κ3) is 4.30. The van der Waals surface area contributed by atoms with Crippen molar-refractivity contribution in [2.75, 3.05) is 32.8 Å². The van der Waals surface area contributed by atoms with Gasteiger partial charge in [-0.05, 0) is 35.9 Å². The van der Waals surface area contributed by atoms with E-state index in [1.54, 1.807) is 10.9 Å². The van der Waals surface area contributed by atoms with Gasteiger partial charge in [0.05, 0.1) is 24.9 Å². The third-order valence-electron chi connectivity index (χ3n) is 5.03. The number of carbonyl (C=O) groups excluding carboxylic acids is 1. The van der Waals surface area contributed by atoms with Crippen LogP contribution in [0, 0.1) is 0 Å². The van der Waals surface area contributed by atoms with Crippen LogP contribution in [0.3, 0.4) is 0 Å². The first kappa shape index (κ1) is 18.4. The summed E-state index contributed by atoms with van der Waals surface area (Å²) in [6.07, 6.45) is 3.61. The monoisotopic (exact) mass is 376 g/mol. The SMILES string of the molecule is O=C(NCC(c1ccccc1)N1CCOCC1)c1ccc(-n2cccn2)cc1. The van der Waals surface area contributed by atoms with E-state index < -0.39 is 0 Å². The van der Waals surface area contributed by atoms with E-state index in [1.165, 1.54) is 5.56 Å². The maximum atomic E-state index is 12.7. The number of benzene rings is 2. The normalized spacial score (nSPS) is 15.9. The molecule has 0 bridgehead atoms. The van der Waals surface area contributed by atoms with Gasteiger partial charge in [0.25, 0.3) is 5.91 Å². The maximum Gasteiger partial charge on any atom is 0.251 e. The van der Waals surface area contributed by atoms with Gasteiger partial charge < -0.3 is 10.1 Å². The molecule has 6 heteroatoms. The van der Waals surface area contributed by atoms with Gasteiger partial charge in [0.15, 0.2) is 0 Å². The Balaban J connectivity index is 1.43. The molecule has 1 aliphatic rings. The highest BCUT2D eigenvalue weighted by Gasteiger charge is 2.23. The lowest BCUT2D eigenvalue weighted by Gasteiger charge is -2.35. The van der Waals surface area contributed by atoms with Gasteiger partial charge in [0, 0.05) is 37.6 Å². The molecule has 6 nitrogen and oxygen atoms in total. The van der Waals surface area contributed by atoms with Gasteiger partial charge in [-0.1, -0.05) is 30.3 Å². The summed E-state index contributed by atoms with van der Waals surface area (Å²) < 4.78 is 7.26. The Kier molecular flexibility index (Phi) is 5.80. The maximum absolute atomic E-state index is 12.7. The van der Waals surface area contributed by atoms with Gasteiger partial charge in [-0.3, -0.25) is 9.69 Å². The predicted octanol–water partition coefficient (Wildman–Crippen LogP) is 2.68. The van der Waals surface area contributed by atoms with Crippen LogP contribution in [-0.4, -0.2) is 53.4 Å². The smallest absolute Gasteiger partial charge is 0.251 e. The zero-order chi connectivity index (χ0) is 19.2. The number of morpholine rings is 1. The molecule has 28 heavy (non-hydrogen) atoms. The molecule has 1 fully saturated rings. The van der Waals surface area contributed by atoms with Crippen LogP contribution in [-0.2, 0) is 4.74 Å². The lowest BCUT2D eigenvalue weighted by Crippen LogP contribution is -2.43. The number of amides is 1. The summed E-state index contributed by atoms with van der Waals surface area (Å²) in [7, 11) is 0. The fraction of sp³-hybridized carbons (Fsp3) is 0.273. The van der Waals surface area contributed by atoms with Crippen molar-refractivity contribution in [1.29, 1.82) is 0 Å². The lowest BCUT2D eigenvalue weighted by molar-refractivity contribution is 0.0162. The van der Waals surface area contributed by atoms with Crippen LogP contribution in [0.4, 0.5) is 0 Å². The Hall–Kier alpha value is -2.96. The standard InChI is InChI=1S/C22H24N4O2/c27-22(19-7-9-20(10-8-19)26-12-4-11-24-26)23-17-21(18-5-2-1-3-6-18)25-13-15-28-16-14-25/h1-12,21H,13-17H2,(H,23,27). The molecule has 1 N–H and O–H groups in total. The lowest BCUT2D eigenvalue weighted by atomic mass is 10.0. The molecule has 1 unspecified atom stereocenters. The predicted molar refractivity (Wildman–Crippen MR) is 107 cm³/mol. The molecule has 1 saturated heterocycles. The molecule has 2 aromatic carbocycles. The third-order valence-corrected chi connectivity index (χ3v) is 5.03. The Morgan fingerprint density at radius 3 is 2.46 bits per heavy atom. The topological polar surface area (TPSA) is 59.4 Å². The molecule has 0 radical (unpaired) electrons. The van der Waals surface area contributed by atoms with Gasteiger partial charge in [-0.2, -0.15) is 5.10 Å². The van der Waals surface area contributed by atoms with Crippen molar-refractivity contribution in [3.05, 3.63) is 84.2 Å². The second kappa shape index (κ2) is 8.82. The van der Waals surface area contributed by atoms with Crippen molar-refractivity contribution in [1.82, 2.24) is 20.0 Å². The Bertz CT molecular complexity index is 873. The fourth-order valence-electron chi connectivity index (χ4n) is 3.50. The summed E-state index contributed by atoms with van der Waals surface area (Å²) in [5, 5.41) is 7.31. The van der Waals surface area contributed by atoms with Crippen LogP contribution in [0.1, 0.15) is 22.0 Å². The first-order chi connectivity index (χ1) is 13.8. The largest absolute Gasteiger partial charge is 0.379 e. The molecule has 0 saturated carbocycles. The van der Waals surface area contributed by atoms with Gasteiger partial charge in [0.1, 0.15) is 0 Å². The number of nitrogens with zero attached hydrogens (tertiary/aromatic N) is 3. The zero-order valence-corrected chi connectivity index (χ0v) is 15.7. The molecule has 3 aromatic rings. The molecule has 1 aliphatic heterocycles. The highest BCUT2D eigenvalue weighted by atomic mass is 16.5. The summed E-state index contributed by atoms with van der Waals surface area (Å²) in [5.41, 5.74) is 2.78. The van der Waals surface area contributed by atoms with E-state index in [0.29, 0.717) is 12.1 Å². The van der Waals surface area contributed by atoms with Crippen LogP contribution in [0.15, 0.2) is 73.1 Å². The van der Waals surface area contributed by atoms with Crippen LogP contribution in [0.5, 0.6) is 0 Å². The second-order valence-corrected chi connectivity index (χ2v) is 6.78. The minimum atomic E-state index is -0.0683. The van der Waals surface area contributed by atoms with Crippen molar-refractivity contribution < 1.29 is 9.53 Å². The number of carbonyl (C=O) groups is 1. The van der Waals surface area contributed by atoms with E-state index in [1.807, 2.05) is 54.7 Å². The van der Waals surface area contributed by atoms with E-state index in [-0.39, 0.29) is 11.9 Å². The molecule has 0 spiro atoms. The molecule has 0 aliphatic carbocycles. The molecule has 1 aromatic heterocycles. The summed E-state index contributed by atoms with van der Waals surface area (Å²) in [6, 6.07) is 19.8. The van der Waals surface area contributed by atoms with Gasteiger partial charge in [-0.25, -0.2) is 4.68 Å². The number of hydrogen-bond donors (Lipinski definition) is 1. The molecular weight excluding hydrogens is 352 g/mol.